The van der Waals surface area contributed by atoms with Gasteiger partial charge in [0.25, 0.3) is 5.65 Å². The highest BCUT2D eigenvalue weighted by Crippen LogP contribution is 2.24. The fourth-order valence-corrected chi connectivity index (χ4v) is 3.40. The van der Waals surface area contributed by atoms with E-state index in [4.69, 9.17) is 4.98 Å². The number of aromatic nitrogens is 4. The van der Waals surface area contributed by atoms with E-state index < -0.39 is 0 Å². The average molecular weight is 336 g/mol. The van der Waals surface area contributed by atoms with Gasteiger partial charge in [-0.25, -0.2) is 0 Å². The smallest absolute Gasteiger partial charge is 0.195 e. The molecule has 26 heavy (non-hydrogen) atoms. The summed E-state index contributed by atoms with van der Waals surface area (Å²) >= 11 is 0. The second-order valence-corrected chi connectivity index (χ2v) is 6.23. The Hall–Kier alpha value is -3.78. The molecular formula is C21H14N5+. The zero-order valence-electron chi connectivity index (χ0n) is 14.1. The Kier molecular flexibility index (Phi) is 3.00. The summed E-state index contributed by atoms with van der Waals surface area (Å²) in [6, 6.07) is 22.1. The molecule has 0 saturated heterocycles. The molecule has 0 saturated carbocycles. The van der Waals surface area contributed by atoms with Crippen molar-refractivity contribution >= 4 is 27.6 Å². The van der Waals surface area contributed by atoms with Gasteiger partial charge in [-0.1, -0.05) is 24.3 Å². The first-order chi connectivity index (χ1) is 12.8. The van der Waals surface area contributed by atoms with Crippen molar-refractivity contribution in [1.82, 2.24) is 14.8 Å². The Morgan fingerprint density at radius 1 is 1.04 bits per heavy atom. The van der Waals surface area contributed by atoms with Crippen LogP contribution in [0.1, 0.15) is 11.3 Å². The lowest BCUT2D eigenvalue weighted by atomic mass is 10.1. The van der Waals surface area contributed by atoms with Crippen molar-refractivity contribution in [2.24, 2.45) is 0 Å². The third-order valence-electron chi connectivity index (χ3n) is 4.64. The minimum atomic E-state index is 0.632. The molecule has 0 fully saturated rings. The number of fused-ring (bicyclic) bond motifs is 4. The van der Waals surface area contributed by atoms with Crippen LogP contribution in [0.4, 0.5) is 0 Å². The van der Waals surface area contributed by atoms with Crippen LogP contribution in [-0.4, -0.2) is 14.8 Å². The maximum Gasteiger partial charge on any atom is 0.338 e. The lowest BCUT2D eigenvalue weighted by Crippen LogP contribution is -2.24. The van der Waals surface area contributed by atoms with Crippen LogP contribution < -0.4 is 4.40 Å². The van der Waals surface area contributed by atoms with Crippen molar-refractivity contribution in [3.8, 4) is 11.8 Å². The molecule has 0 spiro atoms. The van der Waals surface area contributed by atoms with E-state index in [1.54, 1.807) is 0 Å². The molecule has 1 aromatic carbocycles. The highest BCUT2D eigenvalue weighted by Gasteiger charge is 2.20. The minimum absolute atomic E-state index is 0.632. The molecule has 0 bridgehead atoms. The normalized spacial score (nSPS) is 11.2. The molecule has 4 aromatic heterocycles. The summed E-state index contributed by atoms with van der Waals surface area (Å²) in [6.45, 7) is 1.98. The Morgan fingerprint density at radius 2 is 1.85 bits per heavy atom. The average Bonchev–Trinajstić information content (AvgIpc) is 3.02. The van der Waals surface area contributed by atoms with E-state index in [0.29, 0.717) is 5.56 Å². The number of rotatable bonds is 1. The van der Waals surface area contributed by atoms with Crippen LogP contribution in [0.2, 0.25) is 0 Å². The van der Waals surface area contributed by atoms with E-state index in [2.05, 4.69) is 17.2 Å². The van der Waals surface area contributed by atoms with Crippen molar-refractivity contribution in [2.45, 2.75) is 6.92 Å². The van der Waals surface area contributed by atoms with Gasteiger partial charge in [0, 0.05) is 0 Å². The predicted octanol–water partition coefficient (Wildman–Crippen LogP) is 3.49. The number of nitriles is 1. The Balaban J connectivity index is 1.95. The van der Waals surface area contributed by atoms with Crippen LogP contribution in [0.15, 0.2) is 66.9 Å². The fraction of sp³-hybridized carbons (Fsp3) is 0.0476. The summed E-state index contributed by atoms with van der Waals surface area (Å²) in [4.78, 5) is 4.93. The summed E-state index contributed by atoms with van der Waals surface area (Å²) in [7, 11) is 0. The van der Waals surface area contributed by atoms with E-state index in [9.17, 15) is 5.26 Å². The topological polar surface area (TPSA) is 58.6 Å². The van der Waals surface area contributed by atoms with Gasteiger partial charge in [-0.15, -0.1) is 0 Å². The van der Waals surface area contributed by atoms with Crippen LogP contribution in [0.25, 0.3) is 33.3 Å². The van der Waals surface area contributed by atoms with Crippen LogP contribution in [0.5, 0.6) is 0 Å². The number of pyridine rings is 3. The van der Waals surface area contributed by atoms with Crippen LogP contribution >= 0.6 is 0 Å². The standard InChI is InChI=1S/C21H14N5/c1-14-18-12-15-11-16(13-22)19-9-5-6-10-25(19)20(15)23-21(18)26(24-14)17-7-3-2-4-8-17/h2-12H,1H3/q+1. The molecule has 0 aliphatic heterocycles. The molecule has 0 radical (unpaired) electrons. The largest absolute Gasteiger partial charge is 0.338 e. The highest BCUT2D eigenvalue weighted by molar-refractivity contribution is 5.91. The number of hydrogen-bond donors (Lipinski definition) is 0. The quantitative estimate of drug-likeness (QED) is 0.348. The molecule has 5 aromatic rings. The van der Waals surface area contributed by atoms with Gasteiger partial charge in [0.05, 0.1) is 28.4 Å². The SMILES string of the molecule is Cc1nn(-c2ccccc2)c2nc3c(cc(C#N)c4cccc[n+]43)cc12. The molecule has 0 unspecified atom stereocenters. The summed E-state index contributed by atoms with van der Waals surface area (Å²) < 4.78 is 3.84. The molecule has 0 aliphatic rings. The van der Waals surface area contributed by atoms with Gasteiger partial charge >= 0.3 is 5.65 Å². The van der Waals surface area contributed by atoms with Crippen molar-refractivity contribution in [1.29, 1.82) is 5.26 Å². The van der Waals surface area contributed by atoms with Crippen molar-refractivity contribution in [3.05, 3.63) is 78.1 Å². The second-order valence-electron chi connectivity index (χ2n) is 6.23. The second kappa shape index (κ2) is 5.36. The molecule has 5 rings (SSSR count). The first-order valence-corrected chi connectivity index (χ1v) is 8.35. The van der Waals surface area contributed by atoms with Crippen LogP contribution in [0, 0.1) is 18.3 Å². The molecule has 0 N–H and O–H groups in total. The summed E-state index contributed by atoms with van der Waals surface area (Å²) in [5, 5.41) is 16.1. The van der Waals surface area contributed by atoms with E-state index in [0.717, 1.165) is 39.0 Å². The fourth-order valence-electron chi connectivity index (χ4n) is 3.40. The highest BCUT2D eigenvalue weighted by atomic mass is 15.3. The first kappa shape index (κ1) is 14.6. The number of aryl methyl sites for hydroxylation is 1. The molecular weight excluding hydrogens is 322 g/mol. The van der Waals surface area contributed by atoms with Gasteiger partial charge in [-0.3, -0.25) is 0 Å². The predicted molar refractivity (Wildman–Crippen MR) is 99.0 cm³/mol. The third-order valence-corrected chi connectivity index (χ3v) is 4.64. The summed E-state index contributed by atoms with van der Waals surface area (Å²) in [5.41, 5.74) is 4.98. The van der Waals surface area contributed by atoms with Gasteiger partial charge in [-0.05, 0) is 48.3 Å². The number of para-hydroxylation sites is 1. The summed E-state index contributed by atoms with van der Waals surface area (Å²) in [6.07, 6.45) is 1.94. The van der Waals surface area contributed by atoms with E-state index >= 15 is 0 Å². The first-order valence-electron chi connectivity index (χ1n) is 8.35. The van der Waals surface area contributed by atoms with Crippen molar-refractivity contribution in [2.75, 3.05) is 0 Å². The van der Waals surface area contributed by atoms with Gasteiger partial charge in [0.1, 0.15) is 11.6 Å². The monoisotopic (exact) mass is 336 g/mol. The maximum absolute atomic E-state index is 9.52. The van der Waals surface area contributed by atoms with Gasteiger partial charge < -0.3 is 0 Å². The number of benzene rings is 1. The number of nitrogens with zero attached hydrogens (tertiary/aromatic N) is 5. The third kappa shape index (κ3) is 1.99. The van der Waals surface area contributed by atoms with Gasteiger partial charge in [0.15, 0.2) is 5.52 Å². The molecule has 0 atom stereocenters. The Bertz CT molecular complexity index is 1340. The lowest BCUT2D eigenvalue weighted by molar-refractivity contribution is -0.484. The summed E-state index contributed by atoms with van der Waals surface area (Å²) in [5.74, 6) is 0. The Labute approximate surface area is 149 Å². The molecule has 5 heteroatoms. The molecule has 5 nitrogen and oxygen atoms in total. The van der Waals surface area contributed by atoms with E-state index in [-0.39, 0.29) is 0 Å². The molecule has 0 amide bonds. The van der Waals surface area contributed by atoms with Crippen molar-refractivity contribution in [3.63, 3.8) is 0 Å². The molecule has 4 heterocycles. The molecule has 122 valence electrons. The van der Waals surface area contributed by atoms with Crippen LogP contribution in [0.3, 0.4) is 0 Å². The van der Waals surface area contributed by atoms with E-state index in [1.807, 2.05) is 76.8 Å². The number of hydrogen-bond acceptors (Lipinski definition) is 3. The zero-order valence-corrected chi connectivity index (χ0v) is 14.1. The molecule has 0 aliphatic carbocycles. The van der Waals surface area contributed by atoms with E-state index in [1.165, 1.54) is 0 Å². The maximum atomic E-state index is 9.52. The minimum Gasteiger partial charge on any atom is -0.195 e. The van der Waals surface area contributed by atoms with Gasteiger partial charge in [0.2, 0.25) is 0 Å². The zero-order chi connectivity index (χ0) is 17.7. The van der Waals surface area contributed by atoms with Gasteiger partial charge in [-0.2, -0.15) is 19.4 Å². The Morgan fingerprint density at radius 3 is 2.65 bits per heavy atom. The lowest BCUT2D eigenvalue weighted by Gasteiger charge is -2.02. The van der Waals surface area contributed by atoms with Crippen LogP contribution in [-0.2, 0) is 0 Å². The van der Waals surface area contributed by atoms with Crippen molar-refractivity contribution < 1.29 is 4.40 Å².